The summed E-state index contributed by atoms with van der Waals surface area (Å²) in [5.41, 5.74) is 11.2. The minimum absolute atomic E-state index is 0.0383. The van der Waals surface area contributed by atoms with Crippen molar-refractivity contribution in [3.05, 3.63) is 81.1 Å². The van der Waals surface area contributed by atoms with E-state index in [-0.39, 0.29) is 29.4 Å². The van der Waals surface area contributed by atoms with Gasteiger partial charge in [0.2, 0.25) is 5.88 Å². The van der Waals surface area contributed by atoms with Gasteiger partial charge in [-0.1, -0.05) is 63.2 Å². The van der Waals surface area contributed by atoms with Crippen LogP contribution in [0.5, 0.6) is 0 Å². The average molecular weight is 543 g/mol. The summed E-state index contributed by atoms with van der Waals surface area (Å²) < 4.78 is 11.3. The lowest BCUT2D eigenvalue weighted by Gasteiger charge is -2.28. The number of benzene rings is 1. The van der Waals surface area contributed by atoms with Crippen molar-refractivity contribution < 1.29 is 14.3 Å². The van der Waals surface area contributed by atoms with Gasteiger partial charge in [-0.2, -0.15) is 10.5 Å². The number of nitrogens with two attached hydrogens (primary N) is 1. The number of thioether (sulfide) groups is 1. The summed E-state index contributed by atoms with van der Waals surface area (Å²) in [6.07, 6.45) is 4.02. The quantitative estimate of drug-likeness (QED) is 0.318. The number of fused-ring (bicyclic) bond motifs is 1. The number of aryl methyl sites for hydroxylation is 1. The Morgan fingerprint density at radius 2 is 1.97 bits per heavy atom. The van der Waals surface area contributed by atoms with Crippen molar-refractivity contribution in [3.8, 4) is 12.1 Å². The molecule has 7 nitrogen and oxygen atoms in total. The summed E-state index contributed by atoms with van der Waals surface area (Å²) in [4.78, 5) is 18.2. The fraction of sp³-hybridized carbons (Fsp3) is 0.419. The van der Waals surface area contributed by atoms with Crippen LogP contribution in [0.3, 0.4) is 0 Å². The van der Waals surface area contributed by atoms with Gasteiger partial charge in [0, 0.05) is 5.69 Å². The van der Waals surface area contributed by atoms with E-state index >= 15 is 0 Å². The molecule has 0 saturated carbocycles. The van der Waals surface area contributed by atoms with Gasteiger partial charge in [0.1, 0.15) is 28.5 Å². The first-order valence-electron chi connectivity index (χ1n) is 13.4. The van der Waals surface area contributed by atoms with E-state index < -0.39 is 11.9 Å². The highest BCUT2D eigenvalue weighted by Crippen LogP contribution is 2.42. The summed E-state index contributed by atoms with van der Waals surface area (Å²) in [6.45, 7) is 8.31. The number of pyridine rings is 1. The average Bonchev–Trinajstić information content (AvgIpc) is 2.94. The zero-order valence-electron chi connectivity index (χ0n) is 22.9. The van der Waals surface area contributed by atoms with E-state index in [4.69, 9.17) is 20.2 Å². The van der Waals surface area contributed by atoms with Gasteiger partial charge in [-0.25, -0.2) is 9.78 Å². The third kappa shape index (κ3) is 5.97. The minimum Gasteiger partial charge on any atom is -0.463 e. The lowest BCUT2D eigenvalue weighted by atomic mass is 9.82. The Labute approximate surface area is 234 Å². The number of hydrogen-bond donors (Lipinski definition) is 1. The van der Waals surface area contributed by atoms with E-state index in [2.05, 4.69) is 32.9 Å². The standard InChI is InChI=1S/C31H34N4O3S/c1-5-19-7-12-25-22(13-19)14-23(15-32)30(35-25)39-17-26-28(31(36)37-6-2)27(24(16-33)29(34)38-26)21-10-8-20(9-11-21)18(3)4/h8-11,14,18-19,27H,5-7,12-13,17,34H2,1-4H3. The molecule has 0 fully saturated rings. The molecule has 8 heteroatoms. The second-order valence-electron chi connectivity index (χ2n) is 10.2. The molecule has 2 N–H and O–H groups in total. The van der Waals surface area contributed by atoms with Crippen LogP contribution in [-0.4, -0.2) is 23.3 Å². The second-order valence-corrected chi connectivity index (χ2v) is 11.1. The van der Waals surface area contributed by atoms with Crippen molar-refractivity contribution in [3.63, 3.8) is 0 Å². The Morgan fingerprint density at radius 1 is 1.23 bits per heavy atom. The Morgan fingerprint density at radius 3 is 2.59 bits per heavy atom. The zero-order chi connectivity index (χ0) is 28.1. The highest BCUT2D eigenvalue weighted by atomic mass is 32.2. The second kappa shape index (κ2) is 12.4. The van der Waals surface area contributed by atoms with Gasteiger partial charge in [-0.3, -0.25) is 0 Å². The molecule has 202 valence electrons. The van der Waals surface area contributed by atoms with Crippen molar-refractivity contribution in [2.24, 2.45) is 11.7 Å². The number of carbonyl (C=O) groups is 1. The van der Waals surface area contributed by atoms with Gasteiger partial charge in [-0.15, -0.1) is 0 Å². The van der Waals surface area contributed by atoms with E-state index in [1.165, 1.54) is 11.8 Å². The normalized spacial score (nSPS) is 18.7. The van der Waals surface area contributed by atoms with Crippen LogP contribution in [0.15, 0.2) is 58.1 Å². The number of hydrogen-bond acceptors (Lipinski definition) is 8. The molecule has 1 aliphatic heterocycles. The summed E-state index contributed by atoms with van der Waals surface area (Å²) in [7, 11) is 0. The number of carbonyl (C=O) groups excluding carboxylic acids is 1. The van der Waals surface area contributed by atoms with E-state index in [1.54, 1.807) is 6.92 Å². The molecule has 2 aromatic rings. The fourth-order valence-electron chi connectivity index (χ4n) is 5.16. The maximum absolute atomic E-state index is 13.3. The van der Waals surface area contributed by atoms with Crippen LogP contribution in [0.1, 0.15) is 80.3 Å². The van der Waals surface area contributed by atoms with E-state index in [0.717, 1.165) is 48.1 Å². The molecule has 2 aliphatic rings. The Balaban J connectivity index is 1.73. The van der Waals surface area contributed by atoms with Gasteiger partial charge in [0.15, 0.2) is 0 Å². The molecule has 0 radical (unpaired) electrons. The molecule has 39 heavy (non-hydrogen) atoms. The summed E-state index contributed by atoms with van der Waals surface area (Å²) >= 11 is 1.33. The van der Waals surface area contributed by atoms with E-state index in [0.29, 0.717) is 28.2 Å². The summed E-state index contributed by atoms with van der Waals surface area (Å²) in [5.74, 6) is 0.141. The molecular formula is C31H34N4O3S. The molecule has 1 aliphatic carbocycles. The van der Waals surface area contributed by atoms with Gasteiger partial charge in [-0.05, 0) is 60.8 Å². The predicted molar refractivity (Wildman–Crippen MR) is 150 cm³/mol. The Hall–Kier alpha value is -3.75. The minimum atomic E-state index is -0.725. The third-order valence-electron chi connectivity index (χ3n) is 7.42. The Bertz CT molecular complexity index is 1400. The first kappa shape index (κ1) is 28.3. The van der Waals surface area contributed by atoms with Crippen LogP contribution in [0, 0.1) is 28.6 Å². The number of rotatable bonds is 8. The SMILES string of the molecule is CCOC(=O)C1=C(CSc2nc3c(cc2C#N)CC(CC)CC3)OC(N)=C(C#N)C1c1ccc(C(C)C)cc1. The molecule has 2 unspecified atom stereocenters. The maximum atomic E-state index is 13.3. The zero-order valence-corrected chi connectivity index (χ0v) is 23.7. The highest BCUT2D eigenvalue weighted by Gasteiger charge is 2.38. The first-order valence-corrected chi connectivity index (χ1v) is 14.4. The van der Waals surface area contributed by atoms with Crippen molar-refractivity contribution in [1.82, 2.24) is 4.98 Å². The summed E-state index contributed by atoms with van der Waals surface area (Å²) in [5, 5.41) is 20.4. The molecule has 0 bridgehead atoms. The molecule has 0 amide bonds. The van der Waals surface area contributed by atoms with Crippen molar-refractivity contribution >= 4 is 17.7 Å². The predicted octanol–water partition coefficient (Wildman–Crippen LogP) is 6.01. The van der Waals surface area contributed by atoms with E-state index in [1.807, 2.05) is 30.3 Å². The number of aromatic nitrogens is 1. The molecule has 2 heterocycles. The van der Waals surface area contributed by atoms with Crippen molar-refractivity contribution in [1.29, 1.82) is 10.5 Å². The van der Waals surface area contributed by atoms with Crippen LogP contribution in [-0.2, 0) is 27.1 Å². The van der Waals surface area contributed by atoms with Gasteiger partial charge >= 0.3 is 5.97 Å². The van der Waals surface area contributed by atoms with Gasteiger partial charge < -0.3 is 15.2 Å². The molecular weight excluding hydrogens is 508 g/mol. The smallest absolute Gasteiger partial charge is 0.338 e. The van der Waals surface area contributed by atoms with E-state index in [9.17, 15) is 15.3 Å². The number of allylic oxidation sites excluding steroid dienone is 1. The molecule has 0 spiro atoms. The van der Waals surface area contributed by atoms with Crippen molar-refractivity contribution in [2.75, 3.05) is 12.4 Å². The molecule has 1 aromatic carbocycles. The topological polar surface area (TPSA) is 122 Å². The van der Waals surface area contributed by atoms with Crippen LogP contribution in [0.2, 0.25) is 0 Å². The molecule has 2 atom stereocenters. The number of nitrogens with zero attached hydrogens (tertiary/aromatic N) is 3. The number of nitriles is 2. The van der Waals surface area contributed by atoms with Crippen LogP contribution in [0.4, 0.5) is 0 Å². The van der Waals surface area contributed by atoms with Crippen LogP contribution in [0.25, 0.3) is 0 Å². The largest absolute Gasteiger partial charge is 0.463 e. The van der Waals surface area contributed by atoms with Gasteiger partial charge in [0.05, 0.1) is 29.4 Å². The lowest BCUT2D eigenvalue weighted by molar-refractivity contribution is -0.139. The summed E-state index contributed by atoms with van der Waals surface area (Å²) in [6, 6.07) is 14.2. The number of esters is 1. The van der Waals surface area contributed by atoms with Crippen LogP contribution >= 0.6 is 11.8 Å². The first-order chi connectivity index (χ1) is 18.8. The molecule has 0 saturated heterocycles. The van der Waals surface area contributed by atoms with Crippen molar-refractivity contribution in [2.45, 2.75) is 70.2 Å². The molecule has 4 rings (SSSR count). The maximum Gasteiger partial charge on any atom is 0.338 e. The fourth-order valence-corrected chi connectivity index (χ4v) is 6.07. The van der Waals surface area contributed by atoms with Gasteiger partial charge in [0.25, 0.3) is 0 Å². The lowest BCUT2D eigenvalue weighted by Crippen LogP contribution is -2.27. The highest BCUT2D eigenvalue weighted by molar-refractivity contribution is 7.99. The van der Waals surface area contributed by atoms with Crippen LogP contribution < -0.4 is 5.73 Å². The number of ether oxygens (including phenoxy) is 2. The monoisotopic (exact) mass is 542 g/mol. The Kier molecular flexibility index (Phi) is 8.99. The molecule has 1 aromatic heterocycles. The third-order valence-corrected chi connectivity index (χ3v) is 8.41.